The fraction of sp³-hybridized carbons (Fsp3) is 0.200. The molecule has 0 aliphatic carbocycles. The summed E-state index contributed by atoms with van der Waals surface area (Å²) < 4.78 is 11.3. The van der Waals surface area contributed by atoms with E-state index in [1.165, 1.54) is 14.2 Å². The first-order chi connectivity index (χ1) is 12.5. The van der Waals surface area contributed by atoms with Gasteiger partial charge in [-0.25, -0.2) is 0 Å². The Morgan fingerprint density at radius 2 is 1.81 bits per heavy atom. The predicted molar refractivity (Wildman–Crippen MR) is 103 cm³/mol. The Balaban J connectivity index is 2.32. The van der Waals surface area contributed by atoms with E-state index in [1.807, 2.05) is 12.1 Å². The van der Waals surface area contributed by atoms with Crippen molar-refractivity contribution in [2.75, 3.05) is 20.8 Å². The monoisotopic (exact) mass is 414 g/mol. The van der Waals surface area contributed by atoms with Gasteiger partial charge in [0.15, 0.2) is 0 Å². The molecule has 134 valence electrons. The van der Waals surface area contributed by atoms with Crippen molar-refractivity contribution in [3.8, 4) is 17.6 Å². The number of benzene rings is 2. The number of hydrogen-bond acceptors (Lipinski definition) is 4. The first-order valence-electron chi connectivity index (χ1n) is 7.84. The van der Waals surface area contributed by atoms with Crippen molar-refractivity contribution < 1.29 is 14.3 Å². The Hall–Kier alpha value is -2.78. The Bertz CT molecular complexity index is 816. The lowest BCUT2D eigenvalue weighted by atomic mass is 10.1. The van der Waals surface area contributed by atoms with Crippen LogP contribution < -0.4 is 9.47 Å². The summed E-state index contributed by atoms with van der Waals surface area (Å²) in [7, 11) is 3.07. The number of nitriles is 1. The number of halogens is 1. The molecule has 0 aromatic heterocycles. The summed E-state index contributed by atoms with van der Waals surface area (Å²) in [6.07, 6.45) is 1.68. The smallest absolute Gasteiger partial charge is 0.254 e. The molecule has 0 saturated carbocycles. The molecule has 2 aromatic carbocycles. The quantitative estimate of drug-likeness (QED) is 0.637. The van der Waals surface area contributed by atoms with Crippen LogP contribution >= 0.6 is 15.9 Å². The fourth-order valence-corrected chi connectivity index (χ4v) is 3.01. The van der Waals surface area contributed by atoms with Crippen LogP contribution in [0.3, 0.4) is 0 Å². The van der Waals surface area contributed by atoms with Gasteiger partial charge < -0.3 is 14.4 Å². The molecule has 0 aliphatic rings. The number of carbonyl (C=O) groups excluding carboxylic acids is 1. The highest BCUT2D eigenvalue weighted by molar-refractivity contribution is 9.10. The number of amides is 1. The number of nitrogens with zero attached hydrogens (tertiary/aromatic N) is 2. The third-order valence-corrected chi connectivity index (χ3v) is 4.57. The first kappa shape index (κ1) is 19.5. The van der Waals surface area contributed by atoms with Crippen LogP contribution in [-0.2, 0) is 6.54 Å². The van der Waals surface area contributed by atoms with Gasteiger partial charge in [-0.05, 0) is 45.8 Å². The highest BCUT2D eigenvalue weighted by atomic mass is 79.9. The van der Waals surface area contributed by atoms with E-state index in [0.717, 1.165) is 5.56 Å². The molecule has 0 saturated heterocycles. The lowest BCUT2D eigenvalue weighted by molar-refractivity contribution is 0.0762. The zero-order chi connectivity index (χ0) is 19.1. The molecule has 0 unspecified atom stereocenters. The van der Waals surface area contributed by atoms with Crippen LogP contribution in [-0.4, -0.2) is 31.6 Å². The average molecular weight is 415 g/mol. The van der Waals surface area contributed by atoms with Gasteiger partial charge >= 0.3 is 0 Å². The molecule has 0 spiro atoms. The molecule has 0 fully saturated rings. The van der Waals surface area contributed by atoms with Crippen molar-refractivity contribution in [2.24, 2.45) is 0 Å². The molecule has 0 radical (unpaired) electrons. The molecule has 0 N–H and O–H groups in total. The zero-order valence-corrected chi connectivity index (χ0v) is 16.2. The summed E-state index contributed by atoms with van der Waals surface area (Å²) >= 11 is 3.40. The van der Waals surface area contributed by atoms with Crippen molar-refractivity contribution in [2.45, 2.75) is 6.54 Å². The average Bonchev–Trinajstić information content (AvgIpc) is 2.67. The largest absolute Gasteiger partial charge is 0.495 e. The minimum atomic E-state index is -0.168. The second-order valence-electron chi connectivity index (χ2n) is 5.48. The molecule has 1 amide bonds. The van der Waals surface area contributed by atoms with Crippen molar-refractivity contribution in [3.05, 3.63) is 70.2 Å². The number of carbonyl (C=O) groups is 1. The molecule has 0 bridgehead atoms. The van der Waals surface area contributed by atoms with Gasteiger partial charge in [0.1, 0.15) is 16.0 Å². The normalized spacial score (nSPS) is 9.92. The number of ether oxygens (including phenoxy) is 2. The van der Waals surface area contributed by atoms with Crippen LogP contribution in [0.1, 0.15) is 21.5 Å². The van der Waals surface area contributed by atoms with E-state index in [2.05, 4.69) is 28.6 Å². The van der Waals surface area contributed by atoms with Gasteiger partial charge in [0, 0.05) is 18.7 Å². The van der Waals surface area contributed by atoms with E-state index in [9.17, 15) is 4.79 Å². The minimum absolute atomic E-state index is 0.168. The van der Waals surface area contributed by atoms with Gasteiger partial charge in [-0.1, -0.05) is 18.2 Å². The lowest BCUT2D eigenvalue weighted by Crippen LogP contribution is -2.30. The molecule has 2 rings (SSSR count). The highest BCUT2D eigenvalue weighted by Gasteiger charge is 2.19. The Morgan fingerprint density at radius 1 is 1.23 bits per heavy atom. The van der Waals surface area contributed by atoms with Gasteiger partial charge in [0.25, 0.3) is 5.91 Å². The SMILES string of the molecule is C=CCN(Cc1ccc(C#N)cc1)C(=O)c1cc(OC)c(Br)c(OC)c1. The molecule has 6 heteroatoms. The Morgan fingerprint density at radius 3 is 2.27 bits per heavy atom. The van der Waals surface area contributed by atoms with Crippen molar-refractivity contribution in [1.29, 1.82) is 5.26 Å². The zero-order valence-electron chi connectivity index (χ0n) is 14.7. The van der Waals surface area contributed by atoms with Gasteiger partial charge in [0.05, 0.1) is 25.9 Å². The second kappa shape index (κ2) is 9.07. The second-order valence-corrected chi connectivity index (χ2v) is 6.27. The van der Waals surface area contributed by atoms with Crippen LogP contribution in [0.5, 0.6) is 11.5 Å². The summed E-state index contributed by atoms with van der Waals surface area (Å²) in [6, 6.07) is 12.6. The van der Waals surface area contributed by atoms with E-state index in [0.29, 0.717) is 40.2 Å². The number of hydrogen-bond donors (Lipinski definition) is 0. The number of rotatable bonds is 7. The third kappa shape index (κ3) is 4.44. The maximum Gasteiger partial charge on any atom is 0.254 e. The molecule has 2 aromatic rings. The van der Waals surface area contributed by atoms with Crippen LogP contribution in [0, 0.1) is 11.3 Å². The van der Waals surface area contributed by atoms with Gasteiger partial charge in [-0.15, -0.1) is 6.58 Å². The maximum absolute atomic E-state index is 13.0. The summed E-state index contributed by atoms with van der Waals surface area (Å²) in [5.74, 6) is 0.868. The van der Waals surface area contributed by atoms with Crippen LogP contribution in [0.25, 0.3) is 0 Å². The van der Waals surface area contributed by atoms with Gasteiger partial charge in [-0.3, -0.25) is 4.79 Å². The molecule has 5 nitrogen and oxygen atoms in total. The summed E-state index contributed by atoms with van der Waals surface area (Å²) in [5.41, 5.74) is 1.96. The van der Waals surface area contributed by atoms with Crippen LogP contribution in [0.2, 0.25) is 0 Å². The van der Waals surface area contributed by atoms with E-state index in [1.54, 1.807) is 35.2 Å². The highest BCUT2D eigenvalue weighted by Crippen LogP contribution is 2.36. The summed E-state index contributed by atoms with van der Waals surface area (Å²) in [4.78, 5) is 14.7. The van der Waals surface area contributed by atoms with Crippen molar-refractivity contribution in [3.63, 3.8) is 0 Å². The van der Waals surface area contributed by atoms with Gasteiger partial charge in [-0.2, -0.15) is 5.26 Å². The fourth-order valence-electron chi connectivity index (χ4n) is 2.46. The lowest BCUT2D eigenvalue weighted by Gasteiger charge is -2.22. The standard InChI is InChI=1S/C20H19BrN2O3/c1-4-9-23(13-15-7-5-14(12-22)6-8-15)20(24)16-10-17(25-2)19(21)18(11-16)26-3/h4-8,10-11H,1,9,13H2,2-3H3. The van der Waals surface area contributed by atoms with E-state index >= 15 is 0 Å². The van der Waals surface area contributed by atoms with Gasteiger partial charge in [0.2, 0.25) is 0 Å². The van der Waals surface area contributed by atoms with E-state index < -0.39 is 0 Å². The van der Waals surface area contributed by atoms with Crippen LogP contribution in [0.15, 0.2) is 53.5 Å². The molecular weight excluding hydrogens is 396 g/mol. The Kier molecular flexibility index (Phi) is 6.81. The molecule has 0 atom stereocenters. The molecular formula is C20H19BrN2O3. The van der Waals surface area contributed by atoms with Crippen molar-refractivity contribution in [1.82, 2.24) is 4.90 Å². The predicted octanol–water partition coefficient (Wildman–Crippen LogP) is 4.17. The molecule has 26 heavy (non-hydrogen) atoms. The van der Waals surface area contributed by atoms with Crippen LogP contribution in [0.4, 0.5) is 0 Å². The topological polar surface area (TPSA) is 62.6 Å². The van der Waals surface area contributed by atoms with Crippen molar-refractivity contribution >= 4 is 21.8 Å². The number of methoxy groups -OCH3 is 2. The summed E-state index contributed by atoms with van der Waals surface area (Å²) in [5, 5.41) is 8.90. The molecule has 0 heterocycles. The third-order valence-electron chi connectivity index (χ3n) is 3.79. The van der Waals surface area contributed by atoms with E-state index in [-0.39, 0.29) is 5.91 Å². The molecule has 0 aliphatic heterocycles. The van der Waals surface area contributed by atoms with E-state index in [4.69, 9.17) is 14.7 Å². The minimum Gasteiger partial charge on any atom is -0.495 e. The first-order valence-corrected chi connectivity index (χ1v) is 8.64. The Labute approximate surface area is 161 Å². The maximum atomic E-state index is 13.0. The summed E-state index contributed by atoms with van der Waals surface area (Å²) in [6.45, 7) is 4.52.